The number of amides is 2. The summed E-state index contributed by atoms with van der Waals surface area (Å²) in [7, 11) is 0. The SMILES string of the molecule is N[C@@H]1CCC[C@@H]1C(=O)N1CCCN(C(=O)c2ccc(Cl)cc2)CC1. The molecule has 2 N–H and O–H groups in total. The van der Waals surface area contributed by atoms with Crippen molar-refractivity contribution in [3.8, 4) is 0 Å². The van der Waals surface area contributed by atoms with Crippen LogP contribution in [0.1, 0.15) is 36.0 Å². The molecule has 1 heterocycles. The van der Waals surface area contributed by atoms with Gasteiger partial charge >= 0.3 is 0 Å². The van der Waals surface area contributed by atoms with Gasteiger partial charge in [-0.15, -0.1) is 0 Å². The fourth-order valence-corrected chi connectivity index (χ4v) is 3.77. The Balaban J connectivity index is 1.61. The predicted octanol–water partition coefficient (Wildman–Crippen LogP) is 2.14. The molecule has 2 aliphatic rings. The van der Waals surface area contributed by atoms with E-state index >= 15 is 0 Å². The van der Waals surface area contributed by atoms with Crippen molar-refractivity contribution in [2.75, 3.05) is 26.2 Å². The largest absolute Gasteiger partial charge is 0.341 e. The van der Waals surface area contributed by atoms with Crippen molar-refractivity contribution >= 4 is 23.4 Å². The lowest BCUT2D eigenvalue weighted by atomic mass is 10.0. The van der Waals surface area contributed by atoms with Gasteiger partial charge in [0.2, 0.25) is 5.91 Å². The van der Waals surface area contributed by atoms with Gasteiger partial charge in [-0.3, -0.25) is 9.59 Å². The molecule has 6 heteroatoms. The molecule has 24 heavy (non-hydrogen) atoms. The molecule has 0 radical (unpaired) electrons. The molecule has 0 aromatic heterocycles. The normalized spacial score (nSPS) is 24.8. The van der Waals surface area contributed by atoms with Gasteiger partial charge in [-0.2, -0.15) is 0 Å². The summed E-state index contributed by atoms with van der Waals surface area (Å²) in [5, 5.41) is 0.618. The second kappa shape index (κ2) is 7.53. The van der Waals surface area contributed by atoms with Crippen LogP contribution < -0.4 is 5.73 Å². The third-order valence-corrected chi connectivity index (χ3v) is 5.32. The third-order valence-electron chi connectivity index (χ3n) is 5.07. The first-order valence-electron chi connectivity index (χ1n) is 8.65. The fraction of sp³-hybridized carbons (Fsp3) is 0.556. The summed E-state index contributed by atoms with van der Waals surface area (Å²) in [6.07, 6.45) is 3.66. The van der Waals surface area contributed by atoms with Gasteiger partial charge < -0.3 is 15.5 Å². The van der Waals surface area contributed by atoms with Crippen molar-refractivity contribution in [2.45, 2.75) is 31.7 Å². The van der Waals surface area contributed by atoms with Gasteiger partial charge in [0.25, 0.3) is 5.91 Å². The van der Waals surface area contributed by atoms with E-state index in [1.54, 1.807) is 24.3 Å². The van der Waals surface area contributed by atoms with Crippen molar-refractivity contribution in [1.29, 1.82) is 0 Å². The molecule has 130 valence electrons. The molecular formula is C18H24ClN3O2. The minimum atomic E-state index is -0.0384. The summed E-state index contributed by atoms with van der Waals surface area (Å²) >= 11 is 5.88. The first-order valence-corrected chi connectivity index (χ1v) is 9.03. The quantitative estimate of drug-likeness (QED) is 0.889. The molecule has 2 amide bonds. The van der Waals surface area contributed by atoms with Gasteiger partial charge in [-0.1, -0.05) is 18.0 Å². The molecular weight excluding hydrogens is 326 g/mol. The Morgan fingerprint density at radius 1 is 0.958 bits per heavy atom. The van der Waals surface area contributed by atoms with Gasteiger partial charge in [0.1, 0.15) is 0 Å². The Kier molecular flexibility index (Phi) is 5.41. The maximum absolute atomic E-state index is 12.7. The van der Waals surface area contributed by atoms with Crippen molar-refractivity contribution in [3.63, 3.8) is 0 Å². The summed E-state index contributed by atoms with van der Waals surface area (Å²) in [4.78, 5) is 29.0. The number of nitrogens with two attached hydrogens (primary N) is 1. The molecule has 5 nitrogen and oxygen atoms in total. The zero-order chi connectivity index (χ0) is 17.1. The van der Waals surface area contributed by atoms with Crippen LogP contribution in [0.2, 0.25) is 5.02 Å². The van der Waals surface area contributed by atoms with Crippen molar-refractivity contribution in [2.24, 2.45) is 11.7 Å². The number of hydrogen-bond acceptors (Lipinski definition) is 3. The minimum Gasteiger partial charge on any atom is -0.341 e. The average molecular weight is 350 g/mol. The number of carbonyl (C=O) groups is 2. The van der Waals surface area contributed by atoms with E-state index in [9.17, 15) is 9.59 Å². The molecule has 1 saturated heterocycles. The first-order chi connectivity index (χ1) is 11.6. The Labute approximate surface area is 147 Å². The number of benzene rings is 1. The molecule has 3 rings (SSSR count). The van der Waals surface area contributed by atoms with E-state index in [0.29, 0.717) is 36.8 Å². The summed E-state index contributed by atoms with van der Waals surface area (Å²) in [5.41, 5.74) is 6.70. The summed E-state index contributed by atoms with van der Waals surface area (Å²) in [6.45, 7) is 2.52. The number of nitrogens with zero attached hydrogens (tertiary/aromatic N) is 2. The van der Waals surface area contributed by atoms with Crippen LogP contribution in [-0.2, 0) is 4.79 Å². The van der Waals surface area contributed by atoms with Crippen LogP contribution in [0.4, 0.5) is 0 Å². The van der Waals surface area contributed by atoms with Gasteiger partial charge in [-0.05, 0) is 43.5 Å². The van der Waals surface area contributed by atoms with Crippen LogP contribution >= 0.6 is 11.6 Å². The molecule has 2 atom stereocenters. The monoisotopic (exact) mass is 349 g/mol. The Morgan fingerprint density at radius 3 is 2.29 bits per heavy atom. The summed E-state index contributed by atoms with van der Waals surface area (Å²) < 4.78 is 0. The highest BCUT2D eigenvalue weighted by Crippen LogP contribution is 2.26. The second-order valence-corrected chi connectivity index (χ2v) is 7.12. The standard InChI is InChI=1S/C18H24ClN3O2/c19-14-7-5-13(6-8-14)17(23)21-9-2-10-22(12-11-21)18(24)15-3-1-4-16(15)20/h5-8,15-16H,1-4,9-12,20H2/t15-,16+/m0/s1. The van der Waals surface area contributed by atoms with E-state index in [0.717, 1.165) is 25.7 Å². The summed E-state index contributed by atoms with van der Waals surface area (Å²) in [5.74, 6) is 0.128. The van der Waals surface area contributed by atoms with Crippen molar-refractivity contribution < 1.29 is 9.59 Å². The Morgan fingerprint density at radius 2 is 1.62 bits per heavy atom. The van der Waals surface area contributed by atoms with Crippen LogP contribution in [-0.4, -0.2) is 53.8 Å². The lowest BCUT2D eigenvalue weighted by molar-refractivity contribution is -0.135. The zero-order valence-corrected chi connectivity index (χ0v) is 14.5. The van der Waals surface area contributed by atoms with E-state index in [1.165, 1.54) is 0 Å². The molecule has 0 bridgehead atoms. The highest BCUT2D eigenvalue weighted by Gasteiger charge is 2.34. The molecule has 2 fully saturated rings. The van der Waals surface area contributed by atoms with E-state index < -0.39 is 0 Å². The van der Waals surface area contributed by atoms with Crippen LogP contribution in [0, 0.1) is 5.92 Å². The average Bonchev–Trinajstić information content (AvgIpc) is 2.86. The molecule has 1 aromatic rings. The van der Waals surface area contributed by atoms with Gasteiger partial charge in [0.05, 0.1) is 5.92 Å². The lowest BCUT2D eigenvalue weighted by Crippen LogP contribution is -2.43. The Hall–Kier alpha value is -1.59. The molecule has 1 aromatic carbocycles. The number of hydrogen-bond donors (Lipinski definition) is 1. The first kappa shape index (κ1) is 17.2. The van der Waals surface area contributed by atoms with E-state index in [2.05, 4.69) is 0 Å². The van der Waals surface area contributed by atoms with Crippen molar-refractivity contribution in [1.82, 2.24) is 9.80 Å². The van der Waals surface area contributed by atoms with Crippen LogP contribution in [0.25, 0.3) is 0 Å². The summed E-state index contributed by atoms with van der Waals surface area (Å²) in [6, 6.07) is 6.94. The number of carbonyl (C=O) groups excluding carboxylic acids is 2. The molecule has 1 saturated carbocycles. The van der Waals surface area contributed by atoms with Gasteiger partial charge in [0.15, 0.2) is 0 Å². The second-order valence-electron chi connectivity index (χ2n) is 6.68. The maximum Gasteiger partial charge on any atom is 0.253 e. The molecule has 0 spiro atoms. The van der Waals surface area contributed by atoms with Crippen LogP contribution in [0.5, 0.6) is 0 Å². The number of rotatable bonds is 2. The van der Waals surface area contributed by atoms with Crippen LogP contribution in [0.15, 0.2) is 24.3 Å². The lowest BCUT2D eigenvalue weighted by Gasteiger charge is -2.26. The van der Waals surface area contributed by atoms with Crippen molar-refractivity contribution in [3.05, 3.63) is 34.9 Å². The fourth-order valence-electron chi connectivity index (χ4n) is 3.65. The molecule has 1 aliphatic heterocycles. The van der Waals surface area contributed by atoms with E-state index in [-0.39, 0.29) is 23.8 Å². The van der Waals surface area contributed by atoms with Gasteiger partial charge in [-0.25, -0.2) is 0 Å². The topological polar surface area (TPSA) is 66.6 Å². The molecule has 0 unspecified atom stereocenters. The van der Waals surface area contributed by atoms with Crippen LogP contribution in [0.3, 0.4) is 0 Å². The van der Waals surface area contributed by atoms with E-state index in [4.69, 9.17) is 17.3 Å². The predicted molar refractivity (Wildman–Crippen MR) is 93.9 cm³/mol. The number of halogens is 1. The third kappa shape index (κ3) is 3.73. The maximum atomic E-state index is 12.7. The minimum absolute atomic E-state index is 0.00136. The van der Waals surface area contributed by atoms with Gasteiger partial charge in [0, 0.05) is 42.8 Å². The highest BCUT2D eigenvalue weighted by molar-refractivity contribution is 6.30. The van der Waals surface area contributed by atoms with E-state index in [1.807, 2.05) is 9.80 Å². The highest BCUT2D eigenvalue weighted by atomic mass is 35.5. The Bertz CT molecular complexity index is 605. The smallest absolute Gasteiger partial charge is 0.253 e. The zero-order valence-electron chi connectivity index (χ0n) is 13.8. The molecule has 1 aliphatic carbocycles.